The molecule has 0 N–H and O–H groups in total. The van der Waals surface area contributed by atoms with Crippen molar-refractivity contribution in [1.29, 1.82) is 0 Å². The Labute approximate surface area is 162 Å². The Morgan fingerprint density at radius 2 is 1.86 bits per heavy atom. The largest absolute Gasteiger partial charge is 0.325 e. The first-order valence-electron chi connectivity index (χ1n) is 9.35. The van der Waals surface area contributed by atoms with Gasteiger partial charge in [-0.2, -0.15) is 0 Å². The molecule has 2 aliphatic rings. The Morgan fingerprint density at radius 3 is 2.64 bits per heavy atom. The van der Waals surface area contributed by atoms with E-state index < -0.39 is 11.6 Å². The van der Waals surface area contributed by atoms with E-state index in [9.17, 15) is 18.4 Å². The molecule has 0 atom stereocenters. The molecule has 1 saturated heterocycles. The van der Waals surface area contributed by atoms with Gasteiger partial charge in [0.05, 0.1) is 0 Å². The first kappa shape index (κ1) is 18.4. The van der Waals surface area contributed by atoms with Crippen molar-refractivity contribution >= 4 is 23.3 Å². The molecule has 0 aromatic heterocycles. The molecule has 0 aliphatic carbocycles. The third-order valence-corrected chi connectivity index (χ3v) is 5.29. The molecule has 2 heterocycles. The Bertz CT molecular complexity index is 947. The minimum absolute atomic E-state index is 0.0354. The van der Waals surface area contributed by atoms with Gasteiger partial charge in [0, 0.05) is 37.1 Å². The molecule has 0 bridgehead atoms. The van der Waals surface area contributed by atoms with Crippen LogP contribution >= 0.6 is 0 Å². The highest BCUT2D eigenvalue weighted by atomic mass is 19.2. The van der Waals surface area contributed by atoms with E-state index in [1.54, 1.807) is 4.90 Å². The van der Waals surface area contributed by atoms with Crippen LogP contribution in [0, 0.1) is 18.6 Å². The molecule has 2 aromatic rings. The molecule has 0 unspecified atom stereocenters. The summed E-state index contributed by atoms with van der Waals surface area (Å²) in [5, 5.41) is 0. The fourth-order valence-electron chi connectivity index (χ4n) is 3.86. The summed E-state index contributed by atoms with van der Waals surface area (Å²) in [5.74, 6) is -2.09. The lowest BCUT2D eigenvalue weighted by Crippen LogP contribution is -2.44. The molecule has 146 valence electrons. The van der Waals surface area contributed by atoms with Crippen LogP contribution in [0.2, 0.25) is 0 Å². The Balaban J connectivity index is 1.47. The highest BCUT2D eigenvalue weighted by Crippen LogP contribution is 2.29. The number of aryl methyl sites for hydroxylation is 2. The average Bonchev–Trinajstić information content (AvgIpc) is 3.03. The number of amides is 3. The zero-order valence-electron chi connectivity index (χ0n) is 15.6. The lowest BCUT2D eigenvalue weighted by Gasteiger charge is -2.31. The van der Waals surface area contributed by atoms with Crippen molar-refractivity contribution in [3.63, 3.8) is 0 Å². The fraction of sp³-hybridized carbons (Fsp3) is 0.333. The fourth-order valence-corrected chi connectivity index (χ4v) is 3.86. The van der Waals surface area contributed by atoms with Gasteiger partial charge in [-0.1, -0.05) is 17.7 Å². The zero-order valence-corrected chi connectivity index (χ0v) is 15.6. The molecule has 0 saturated carbocycles. The van der Waals surface area contributed by atoms with Crippen molar-refractivity contribution in [3.05, 3.63) is 59.2 Å². The molecule has 28 heavy (non-hydrogen) atoms. The molecule has 5 nitrogen and oxygen atoms in total. The summed E-state index contributed by atoms with van der Waals surface area (Å²) >= 11 is 0. The van der Waals surface area contributed by atoms with Crippen LogP contribution in [0.15, 0.2) is 36.4 Å². The molecule has 0 radical (unpaired) electrons. The number of benzene rings is 2. The van der Waals surface area contributed by atoms with Crippen molar-refractivity contribution < 1.29 is 18.4 Å². The van der Waals surface area contributed by atoms with Gasteiger partial charge in [-0.3, -0.25) is 9.69 Å². The van der Waals surface area contributed by atoms with Crippen molar-refractivity contribution in [3.8, 4) is 0 Å². The quantitative estimate of drug-likeness (QED) is 0.812. The summed E-state index contributed by atoms with van der Waals surface area (Å²) in [7, 11) is 0. The summed E-state index contributed by atoms with van der Waals surface area (Å²) < 4.78 is 26.6. The van der Waals surface area contributed by atoms with Crippen molar-refractivity contribution in [1.82, 2.24) is 4.90 Å². The molecule has 7 heteroatoms. The van der Waals surface area contributed by atoms with Crippen molar-refractivity contribution in [2.75, 3.05) is 36.0 Å². The van der Waals surface area contributed by atoms with Crippen molar-refractivity contribution in [2.24, 2.45) is 0 Å². The summed E-state index contributed by atoms with van der Waals surface area (Å²) in [6, 6.07) is 9.03. The second-order valence-electron chi connectivity index (χ2n) is 7.24. The smallest absolute Gasteiger partial charge is 0.313 e. The van der Waals surface area contributed by atoms with E-state index >= 15 is 0 Å². The maximum absolute atomic E-state index is 13.5. The van der Waals surface area contributed by atoms with Gasteiger partial charge in [-0.05, 0) is 43.5 Å². The molecule has 2 aliphatic heterocycles. The Hall–Kier alpha value is -2.96. The minimum atomic E-state index is -1.000. The molecule has 4 rings (SSSR count). The van der Waals surface area contributed by atoms with E-state index in [2.05, 4.69) is 6.07 Å². The van der Waals surface area contributed by atoms with Crippen LogP contribution < -0.4 is 9.80 Å². The number of fused-ring (bicyclic) bond motifs is 1. The van der Waals surface area contributed by atoms with Crippen LogP contribution in [0.3, 0.4) is 0 Å². The van der Waals surface area contributed by atoms with Crippen LogP contribution in [0.1, 0.15) is 17.5 Å². The number of hydrogen-bond donors (Lipinski definition) is 0. The number of halogens is 2. The average molecular weight is 385 g/mol. The Kier molecular flexibility index (Phi) is 4.75. The predicted octanol–water partition coefficient (Wildman–Crippen LogP) is 3.49. The van der Waals surface area contributed by atoms with Crippen molar-refractivity contribution in [2.45, 2.75) is 19.8 Å². The first-order valence-corrected chi connectivity index (χ1v) is 9.35. The molecular weight excluding hydrogens is 364 g/mol. The van der Waals surface area contributed by atoms with E-state index in [0.717, 1.165) is 41.8 Å². The lowest BCUT2D eigenvalue weighted by atomic mass is 9.99. The maximum atomic E-state index is 13.5. The highest BCUT2D eigenvalue weighted by Gasteiger charge is 2.33. The summed E-state index contributed by atoms with van der Waals surface area (Å²) in [5.41, 5.74) is 3.50. The number of carbonyl (C=O) groups is 2. The maximum Gasteiger partial charge on any atom is 0.325 e. The summed E-state index contributed by atoms with van der Waals surface area (Å²) in [4.78, 5) is 30.1. The van der Waals surface area contributed by atoms with Gasteiger partial charge >= 0.3 is 6.03 Å². The lowest BCUT2D eigenvalue weighted by molar-refractivity contribution is -0.119. The molecule has 0 spiro atoms. The zero-order chi connectivity index (χ0) is 19.8. The number of anilines is 2. The van der Waals surface area contributed by atoms with Crippen LogP contribution in [0.5, 0.6) is 0 Å². The number of rotatable bonds is 3. The van der Waals surface area contributed by atoms with Gasteiger partial charge < -0.3 is 9.80 Å². The van der Waals surface area contributed by atoms with E-state index in [1.165, 1.54) is 15.9 Å². The highest BCUT2D eigenvalue weighted by molar-refractivity contribution is 6.01. The number of nitrogens with zero attached hydrogens (tertiary/aromatic N) is 3. The van der Waals surface area contributed by atoms with Gasteiger partial charge in [0.15, 0.2) is 11.6 Å². The Morgan fingerprint density at radius 1 is 1.04 bits per heavy atom. The third kappa shape index (κ3) is 3.32. The SMILES string of the molecule is Cc1ccc2c(c1)CCCN2C(=O)CN1CCN(c2ccc(F)c(F)c2)C1=O. The molecule has 2 aromatic carbocycles. The predicted molar refractivity (Wildman–Crippen MR) is 103 cm³/mol. The van der Waals surface area contributed by atoms with E-state index in [4.69, 9.17) is 0 Å². The van der Waals surface area contributed by atoms with Gasteiger partial charge in [-0.15, -0.1) is 0 Å². The van der Waals surface area contributed by atoms with Gasteiger partial charge in [0.1, 0.15) is 6.54 Å². The number of carbonyl (C=O) groups excluding carboxylic acids is 2. The second-order valence-corrected chi connectivity index (χ2v) is 7.24. The molecule has 1 fully saturated rings. The van der Waals surface area contributed by atoms with Crippen LogP contribution in [-0.4, -0.2) is 43.0 Å². The van der Waals surface area contributed by atoms with Gasteiger partial charge in [-0.25, -0.2) is 13.6 Å². The van der Waals surface area contributed by atoms with Gasteiger partial charge in [0.25, 0.3) is 0 Å². The summed E-state index contributed by atoms with van der Waals surface area (Å²) in [6.45, 7) is 3.30. The van der Waals surface area contributed by atoms with Crippen LogP contribution in [-0.2, 0) is 11.2 Å². The summed E-state index contributed by atoms with van der Waals surface area (Å²) in [6.07, 6.45) is 1.82. The standard InChI is InChI=1S/C21H21F2N3O2/c1-14-4-7-19-15(11-14)3-2-8-26(19)20(27)13-24-9-10-25(21(24)28)16-5-6-17(22)18(23)12-16/h4-7,11-12H,2-3,8-10,13H2,1H3. The molecular formula is C21H21F2N3O2. The van der Waals surface area contributed by atoms with Crippen LogP contribution in [0.4, 0.5) is 25.0 Å². The van der Waals surface area contributed by atoms with Gasteiger partial charge in [0.2, 0.25) is 5.91 Å². The van der Waals surface area contributed by atoms with E-state index in [0.29, 0.717) is 19.6 Å². The second kappa shape index (κ2) is 7.22. The first-order chi connectivity index (χ1) is 13.4. The topological polar surface area (TPSA) is 43.9 Å². The monoisotopic (exact) mass is 385 g/mol. The number of urea groups is 1. The minimum Gasteiger partial charge on any atom is -0.313 e. The normalized spacial score (nSPS) is 16.5. The van der Waals surface area contributed by atoms with E-state index in [-0.39, 0.29) is 24.2 Å². The van der Waals surface area contributed by atoms with E-state index in [1.807, 2.05) is 19.1 Å². The molecule has 3 amide bonds. The third-order valence-electron chi connectivity index (χ3n) is 5.29. The number of hydrogen-bond acceptors (Lipinski definition) is 2. The van der Waals surface area contributed by atoms with Crippen LogP contribution in [0.25, 0.3) is 0 Å².